The largest absolute Gasteiger partial charge is 0.308 e. The maximum atomic E-state index is 13.9. The molecule has 0 unspecified atom stereocenters. The number of halogens is 1. The van der Waals surface area contributed by atoms with E-state index >= 15 is 0 Å². The van der Waals surface area contributed by atoms with Crippen molar-refractivity contribution in [2.75, 3.05) is 5.32 Å². The number of nitrogens with one attached hydrogen (secondary N) is 2. The van der Waals surface area contributed by atoms with Crippen molar-refractivity contribution in [3.05, 3.63) is 48.3 Å². The SMILES string of the molecule is O=C(Nc1n[nH]c2cc(-c3ccccc3F)ccc12)C1CCC1. The number of H-pyrrole nitrogens is 1. The monoisotopic (exact) mass is 309 g/mol. The van der Waals surface area contributed by atoms with Crippen LogP contribution in [0.15, 0.2) is 42.5 Å². The van der Waals surface area contributed by atoms with Crippen molar-refractivity contribution in [3.8, 4) is 11.1 Å². The van der Waals surface area contributed by atoms with Crippen molar-refractivity contribution in [3.63, 3.8) is 0 Å². The third-order valence-corrected chi connectivity index (χ3v) is 4.47. The second kappa shape index (κ2) is 5.50. The van der Waals surface area contributed by atoms with Crippen LogP contribution in [0.4, 0.5) is 10.2 Å². The van der Waals surface area contributed by atoms with E-state index in [2.05, 4.69) is 15.5 Å². The van der Waals surface area contributed by atoms with Crippen LogP contribution in [0.2, 0.25) is 0 Å². The number of fused-ring (bicyclic) bond motifs is 1. The Balaban J connectivity index is 1.66. The van der Waals surface area contributed by atoms with E-state index in [9.17, 15) is 9.18 Å². The standard InChI is InChI=1S/C18H16FN3O/c19-15-7-2-1-6-13(15)12-8-9-14-16(10-12)21-22-17(14)20-18(23)11-4-3-5-11/h1-2,6-11H,3-5H2,(H2,20,21,22,23). The molecular formula is C18H16FN3O. The number of amides is 1. The number of hydrogen-bond acceptors (Lipinski definition) is 2. The normalized spacial score (nSPS) is 14.7. The third kappa shape index (κ3) is 2.48. The quantitative estimate of drug-likeness (QED) is 0.765. The molecule has 0 atom stereocenters. The van der Waals surface area contributed by atoms with E-state index in [-0.39, 0.29) is 17.6 Å². The van der Waals surface area contributed by atoms with Crippen molar-refractivity contribution in [2.45, 2.75) is 19.3 Å². The molecule has 0 saturated heterocycles. The molecule has 4 rings (SSSR count). The van der Waals surface area contributed by atoms with Crippen molar-refractivity contribution in [1.29, 1.82) is 0 Å². The molecule has 0 spiro atoms. The van der Waals surface area contributed by atoms with Crippen LogP contribution in [-0.4, -0.2) is 16.1 Å². The predicted molar refractivity (Wildman–Crippen MR) is 87.5 cm³/mol. The summed E-state index contributed by atoms with van der Waals surface area (Å²) >= 11 is 0. The molecule has 0 bridgehead atoms. The van der Waals surface area contributed by atoms with Gasteiger partial charge in [-0.05, 0) is 36.6 Å². The first-order chi connectivity index (χ1) is 11.2. The van der Waals surface area contributed by atoms with Gasteiger partial charge < -0.3 is 5.32 Å². The molecule has 1 amide bonds. The number of anilines is 1. The first-order valence-corrected chi connectivity index (χ1v) is 7.76. The Morgan fingerprint density at radius 1 is 1.22 bits per heavy atom. The highest BCUT2D eigenvalue weighted by Crippen LogP contribution is 2.31. The molecule has 2 N–H and O–H groups in total. The minimum atomic E-state index is -0.259. The molecule has 3 aromatic rings. The second-order valence-corrected chi connectivity index (χ2v) is 5.93. The van der Waals surface area contributed by atoms with Crippen LogP contribution in [0.25, 0.3) is 22.0 Å². The third-order valence-electron chi connectivity index (χ3n) is 4.47. The van der Waals surface area contributed by atoms with Gasteiger partial charge in [-0.25, -0.2) is 4.39 Å². The zero-order valence-electron chi connectivity index (χ0n) is 12.5. The topological polar surface area (TPSA) is 57.8 Å². The fourth-order valence-electron chi connectivity index (χ4n) is 2.87. The van der Waals surface area contributed by atoms with Crippen LogP contribution in [0.1, 0.15) is 19.3 Å². The molecular weight excluding hydrogens is 293 g/mol. The van der Waals surface area contributed by atoms with Crippen LogP contribution in [0.3, 0.4) is 0 Å². The fraction of sp³-hybridized carbons (Fsp3) is 0.222. The van der Waals surface area contributed by atoms with E-state index in [4.69, 9.17) is 0 Å². The van der Waals surface area contributed by atoms with E-state index in [1.165, 1.54) is 6.07 Å². The Kier molecular flexibility index (Phi) is 3.33. The van der Waals surface area contributed by atoms with Crippen LogP contribution < -0.4 is 5.32 Å². The van der Waals surface area contributed by atoms with Gasteiger partial charge in [0.1, 0.15) is 5.82 Å². The maximum absolute atomic E-state index is 13.9. The second-order valence-electron chi connectivity index (χ2n) is 5.93. The lowest BCUT2D eigenvalue weighted by Gasteiger charge is -2.23. The summed E-state index contributed by atoms with van der Waals surface area (Å²) in [6.45, 7) is 0. The average Bonchev–Trinajstić information content (AvgIpc) is 2.88. The van der Waals surface area contributed by atoms with Crippen LogP contribution in [0.5, 0.6) is 0 Å². The van der Waals surface area contributed by atoms with E-state index in [1.807, 2.05) is 18.2 Å². The molecule has 116 valence electrons. The summed E-state index contributed by atoms with van der Waals surface area (Å²) in [5.74, 6) is 0.420. The number of rotatable bonds is 3. The average molecular weight is 309 g/mol. The molecule has 4 nitrogen and oxygen atoms in total. The van der Waals surface area contributed by atoms with Gasteiger partial charge in [-0.2, -0.15) is 5.10 Å². The Morgan fingerprint density at radius 2 is 2.04 bits per heavy atom. The Bertz CT molecular complexity index is 883. The fourth-order valence-corrected chi connectivity index (χ4v) is 2.87. The van der Waals surface area contributed by atoms with E-state index in [0.717, 1.165) is 35.7 Å². The summed E-state index contributed by atoms with van der Waals surface area (Å²) in [4.78, 5) is 12.1. The van der Waals surface area contributed by atoms with Gasteiger partial charge in [0.15, 0.2) is 5.82 Å². The Labute approximate surface area is 132 Å². The number of carbonyl (C=O) groups excluding carboxylic acids is 1. The highest BCUT2D eigenvalue weighted by molar-refractivity contribution is 6.01. The van der Waals surface area contributed by atoms with Gasteiger partial charge in [-0.15, -0.1) is 0 Å². The van der Waals surface area contributed by atoms with E-state index in [1.54, 1.807) is 18.2 Å². The lowest BCUT2D eigenvalue weighted by atomic mass is 9.85. The van der Waals surface area contributed by atoms with Crippen LogP contribution >= 0.6 is 0 Å². The number of nitrogens with zero attached hydrogens (tertiary/aromatic N) is 1. The van der Waals surface area contributed by atoms with Gasteiger partial charge in [-0.3, -0.25) is 9.89 Å². The Hall–Kier alpha value is -2.69. The van der Waals surface area contributed by atoms with E-state index in [0.29, 0.717) is 11.4 Å². The zero-order chi connectivity index (χ0) is 15.8. The van der Waals surface area contributed by atoms with Gasteiger partial charge in [0.25, 0.3) is 0 Å². The molecule has 1 aliphatic carbocycles. The van der Waals surface area contributed by atoms with Crippen LogP contribution in [-0.2, 0) is 4.79 Å². The summed E-state index contributed by atoms with van der Waals surface area (Å²) in [5.41, 5.74) is 2.09. The predicted octanol–water partition coefficient (Wildman–Crippen LogP) is 4.11. The first kappa shape index (κ1) is 13.9. The molecule has 1 aliphatic rings. The van der Waals surface area contributed by atoms with Crippen molar-refractivity contribution < 1.29 is 9.18 Å². The first-order valence-electron chi connectivity index (χ1n) is 7.76. The number of aromatic nitrogens is 2. The maximum Gasteiger partial charge on any atom is 0.228 e. The molecule has 0 radical (unpaired) electrons. The lowest BCUT2D eigenvalue weighted by molar-refractivity contribution is -0.122. The van der Waals surface area contributed by atoms with Gasteiger partial charge in [0, 0.05) is 16.9 Å². The van der Waals surface area contributed by atoms with Gasteiger partial charge >= 0.3 is 0 Å². The molecule has 1 aromatic heterocycles. The van der Waals surface area contributed by atoms with Gasteiger partial charge in [0.2, 0.25) is 5.91 Å². The number of benzene rings is 2. The molecule has 23 heavy (non-hydrogen) atoms. The molecule has 0 aliphatic heterocycles. The highest BCUT2D eigenvalue weighted by atomic mass is 19.1. The summed E-state index contributed by atoms with van der Waals surface area (Å²) in [6.07, 6.45) is 3.02. The van der Waals surface area contributed by atoms with Crippen molar-refractivity contribution in [2.24, 2.45) is 5.92 Å². The molecule has 5 heteroatoms. The van der Waals surface area contributed by atoms with Crippen molar-refractivity contribution in [1.82, 2.24) is 10.2 Å². The Morgan fingerprint density at radius 3 is 2.78 bits per heavy atom. The van der Waals surface area contributed by atoms with Crippen molar-refractivity contribution >= 4 is 22.6 Å². The molecule has 1 heterocycles. The zero-order valence-corrected chi connectivity index (χ0v) is 12.5. The minimum absolute atomic E-state index is 0.0304. The lowest BCUT2D eigenvalue weighted by Crippen LogP contribution is -2.28. The van der Waals surface area contributed by atoms with E-state index < -0.39 is 0 Å². The summed E-state index contributed by atoms with van der Waals surface area (Å²) in [5, 5.41) is 10.8. The van der Waals surface area contributed by atoms with Gasteiger partial charge in [-0.1, -0.05) is 30.7 Å². The summed E-state index contributed by atoms with van der Waals surface area (Å²) in [6, 6.07) is 12.2. The molecule has 2 aromatic carbocycles. The number of carbonyl (C=O) groups is 1. The van der Waals surface area contributed by atoms with Crippen LogP contribution in [0, 0.1) is 11.7 Å². The van der Waals surface area contributed by atoms with Gasteiger partial charge in [0.05, 0.1) is 5.52 Å². The molecule has 1 saturated carbocycles. The minimum Gasteiger partial charge on any atom is -0.308 e. The number of aromatic amines is 1. The highest BCUT2D eigenvalue weighted by Gasteiger charge is 2.26. The number of hydrogen-bond donors (Lipinski definition) is 2. The summed E-state index contributed by atoms with van der Waals surface area (Å²) in [7, 11) is 0. The smallest absolute Gasteiger partial charge is 0.228 e. The molecule has 1 fully saturated rings. The summed E-state index contributed by atoms with van der Waals surface area (Å²) < 4.78 is 13.9.